The Bertz CT molecular complexity index is 432. The molecule has 3 rings (SSSR count). The van der Waals surface area contributed by atoms with Crippen LogP contribution in [0.15, 0.2) is 42.7 Å². The van der Waals surface area contributed by atoms with Crippen LogP contribution in [0.3, 0.4) is 0 Å². The van der Waals surface area contributed by atoms with Crippen molar-refractivity contribution >= 4 is 0 Å². The fourth-order valence-corrected chi connectivity index (χ4v) is 1.47. The summed E-state index contributed by atoms with van der Waals surface area (Å²) in [6.45, 7) is 0.834. The molecule has 1 aliphatic rings. The number of benzene rings is 1. The van der Waals surface area contributed by atoms with Crippen molar-refractivity contribution in [2.75, 3.05) is 6.61 Å². The van der Waals surface area contributed by atoms with Crippen LogP contribution >= 0.6 is 0 Å². The molecular weight excluding hydrogens is 176 g/mol. The maximum absolute atomic E-state index is 5.19. The van der Waals surface area contributed by atoms with Crippen molar-refractivity contribution in [1.82, 2.24) is 9.78 Å². The fraction of sp³-hybridized carbons (Fsp3) is 0.182. The zero-order valence-corrected chi connectivity index (χ0v) is 7.63. The monoisotopic (exact) mass is 186 g/mol. The summed E-state index contributed by atoms with van der Waals surface area (Å²) in [4.78, 5) is 0. The number of ether oxygens (including phenoxy) is 1. The highest BCUT2D eigenvalue weighted by molar-refractivity contribution is 5.31. The van der Waals surface area contributed by atoms with Crippen molar-refractivity contribution in [3.8, 4) is 5.69 Å². The van der Waals surface area contributed by atoms with Gasteiger partial charge in [-0.15, -0.1) is 0 Å². The lowest BCUT2D eigenvalue weighted by Crippen LogP contribution is -1.92. The van der Waals surface area contributed by atoms with Gasteiger partial charge in [-0.05, 0) is 12.1 Å². The van der Waals surface area contributed by atoms with Crippen LogP contribution < -0.4 is 0 Å². The van der Waals surface area contributed by atoms with E-state index in [9.17, 15) is 0 Å². The van der Waals surface area contributed by atoms with Crippen LogP contribution in [-0.2, 0) is 4.74 Å². The first kappa shape index (κ1) is 7.76. The molecule has 1 aliphatic heterocycles. The van der Waals surface area contributed by atoms with Crippen LogP contribution in [0.4, 0.5) is 0 Å². The minimum absolute atomic E-state index is 0.285. The molecule has 1 aromatic heterocycles. The Kier molecular flexibility index (Phi) is 1.64. The quantitative estimate of drug-likeness (QED) is 0.671. The Morgan fingerprint density at radius 3 is 2.79 bits per heavy atom. The molecule has 1 fully saturated rings. The Hall–Kier alpha value is -1.61. The van der Waals surface area contributed by atoms with Gasteiger partial charge in [-0.1, -0.05) is 18.2 Å². The molecule has 2 heterocycles. The van der Waals surface area contributed by atoms with Crippen LogP contribution in [0.5, 0.6) is 0 Å². The Morgan fingerprint density at radius 1 is 1.29 bits per heavy atom. The Morgan fingerprint density at radius 2 is 2.07 bits per heavy atom. The molecule has 2 aromatic rings. The van der Waals surface area contributed by atoms with E-state index in [2.05, 4.69) is 5.10 Å². The van der Waals surface area contributed by atoms with Crippen LogP contribution in [0.25, 0.3) is 5.69 Å². The van der Waals surface area contributed by atoms with Gasteiger partial charge in [0.05, 0.1) is 18.5 Å². The SMILES string of the molecule is c1ccc(-n2cc([C@H]3CO3)cn2)cc1. The first-order chi connectivity index (χ1) is 6.93. The summed E-state index contributed by atoms with van der Waals surface area (Å²) in [6.07, 6.45) is 4.17. The van der Waals surface area contributed by atoms with Gasteiger partial charge >= 0.3 is 0 Å². The van der Waals surface area contributed by atoms with Gasteiger partial charge in [0.15, 0.2) is 0 Å². The summed E-state index contributed by atoms with van der Waals surface area (Å²) >= 11 is 0. The molecule has 14 heavy (non-hydrogen) atoms. The van der Waals surface area contributed by atoms with Gasteiger partial charge in [0.25, 0.3) is 0 Å². The molecule has 0 aliphatic carbocycles. The molecule has 0 saturated carbocycles. The first-order valence-corrected chi connectivity index (χ1v) is 4.65. The third-order valence-corrected chi connectivity index (χ3v) is 2.33. The van der Waals surface area contributed by atoms with E-state index >= 15 is 0 Å². The number of rotatable bonds is 2. The molecule has 0 amide bonds. The Labute approximate surface area is 81.9 Å². The van der Waals surface area contributed by atoms with E-state index in [0.717, 1.165) is 17.9 Å². The van der Waals surface area contributed by atoms with Gasteiger partial charge in [-0.3, -0.25) is 0 Å². The third-order valence-electron chi connectivity index (χ3n) is 2.33. The number of hydrogen-bond donors (Lipinski definition) is 0. The molecule has 0 spiro atoms. The van der Waals surface area contributed by atoms with Crippen LogP contribution in [0, 0.1) is 0 Å². The summed E-state index contributed by atoms with van der Waals surface area (Å²) in [5.41, 5.74) is 2.24. The topological polar surface area (TPSA) is 30.4 Å². The molecule has 0 bridgehead atoms. The van der Waals surface area contributed by atoms with Crippen molar-refractivity contribution in [3.63, 3.8) is 0 Å². The molecule has 3 nitrogen and oxygen atoms in total. The molecule has 0 unspecified atom stereocenters. The summed E-state index contributed by atoms with van der Waals surface area (Å²) in [5.74, 6) is 0. The number of para-hydroxylation sites is 1. The van der Waals surface area contributed by atoms with Gasteiger partial charge in [0, 0.05) is 11.8 Å². The minimum Gasteiger partial charge on any atom is -0.368 e. The first-order valence-electron chi connectivity index (χ1n) is 4.65. The highest BCUT2D eigenvalue weighted by Gasteiger charge is 2.26. The van der Waals surface area contributed by atoms with Crippen molar-refractivity contribution in [2.24, 2.45) is 0 Å². The van der Waals surface area contributed by atoms with E-state index in [0.29, 0.717) is 0 Å². The van der Waals surface area contributed by atoms with Crippen LogP contribution in [0.2, 0.25) is 0 Å². The van der Waals surface area contributed by atoms with E-state index < -0.39 is 0 Å². The summed E-state index contributed by atoms with van der Waals surface area (Å²) in [5, 5.41) is 4.28. The van der Waals surface area contributed by atoms with E-state index in [-0.39, 0.29) is 6.10 Å². The molecule has 3 heteroatoms. The minimum atomic E-state index is 0.285. The lowest BCUT2D eigenvalue weighted by Gasteiger charge is -1.98. The summed E-state index contributed by atoms with van der Waals surface area (Å²) in [7, 11) is 0. The van der Waals surface area contributed by atoms with Crippen molar-refractivity contribution in [2.45, 2.75) is 6.10 Å². The van der Waals surface area contributed by atoms with Gasteiger partial charge in [0.1, 0.15) is 6.10 Å². The zero-order chi connectivity index (χ0) is 9.38. The van der Waals surface area contributed by atoms with Gasteiger partial charge in [0.2, 0.25) is 0 Å². The lowest BCUT2D eigenvalue weighted by molar-refractivity contribution is 0.415. The maximum atomic E-state index is 5.19. The second kappa shape index (κ2) is 2.96. The highest BCUT2D eigenvalue weighted by atomic mass is 16.6. The highest BCUT2D eigenvalue weighted by Crippen LogP contribution is 2.29. The number of aromatic nitrogens is 2. The average Bonchev–Trinajstić information content (AvgIpc) is 2.98. The maximum Gasteiger partial charge on any atom is 0.109 e. The van der Waals surface area contributed by atoms with Crippen molar-refractivity contribution in [1.29, 1.82) is 0 Å². The van der Waals surface area contributed by atoms with E-state index in [4.69, 9.17) is 4.74 Å². The summed E-state index contributed by atoms with van der Waals surface area (Å²) < 4.78 is 7.06. The lowest BCUT2D eigenvalue weighted by atomic mass is 10.3. The second-order valence-corrected chi connectivity index (χ2v) is 3.38. The third kappa shape index (κ3) is 1.32. The molecule has 1 saturated heterocycles. The normalized spacial score (nSPS) is 19.6. The molecule has 0 N–H and O–H groups in total. The second-order valence-electron chi connectivity index (χ2n) is 3.38. The standard InChI is InChI=1S/C11H10N2O/c1-2-4-10(5-3-1)13-7-9(6-12-13)11-8-14-11/h1-7,11H,8H2/t11-/m1/s1. The zero-order valence-electron chi connectivity index (χ0n) is 7.63. The molecular formula is C11H10N2O. The number of epoxide rings is 1. The molecule has 1 atom stereocenters. The molecule has 70 valence electrons. The predicted molar refractivity (Wildman–Crippen MR) is 52.3 cm³/mol. The van der Waals surface area contributed by atoms with Crippen molar-refractivity contribution in [3.05, 3.63) is 48.3 Å². The predicted octanol–water partition coefficient (Wildman–Crippen LogP) is 1.94. The molecule has 1 aromatic carbocycles. The summed E-state index contributed by atoms with van der Waals surface area (Å²) in [6, 6.07) is 10.1. The van der Waals surface area contributed by atoms with Crippen LogP contribution in [0.1, 0.15) is 11.7 Å². The van der Waals surface area contributed by atoms with Crippen LogP contribution in [-0.4, -0.2) is 16.4 Å². The van der Waals surface area contributed by atoms with Gasteiger partial charge < -0.3 is 4.74 Å². The Balaban J connectivity index is 1.96. The number of nitrogens with zero attached hydrogens (tertiary/aromatic N) is 2. The molecule has 0 radical (unpaired) electrons. The largest absolute Gasteiger partial charge is 0.368 e. The smallest absolute Gasteiger partial charge is 0.109 e. The fourth-order valence-electron chi connectivity index (χ4n) is 1.47. The van der Waals surface area contributed by atoms with E-state index in [1.807, 2.05) is 47.4 Å². The average molecular weight is 186 g/mol. The number of hydrogen-bond acceptors (Lipinski definition) is 2. The van der Waals surface area contributed by atoms with Crippen molar-refractivity contribution < 1.29 is 4.74 Å². The van der Waals surface area contributed by atoms with E-state index in [1.54, 1.807) is 0 Å². The van der Waals surface area contributed by atoms with Gasteiger partial charge in [-0.25, -0.2) is 4.68 Å². The van der Waals surface area contributed by atoms with Gasteiger partial charge in [-0.2, -0.15) is 5.10 Å². The van der Waals surface area contributed by atoms with E-state index in [1.165, 1.54) is 0 Å².